The van der Waals surface area contributed by atoms with Crippen LogP contribution in [-0.2, 0) is 6.54 Å². The van der Waals surface area contributed by atoms with Crippen molar-refractivity contribution in [3.05, 3.63) is 60.3 Å². The summed E-state index contributed by atoms with van der Waals surface area (Å²) in [4.78, 5) is 41.7. The summed E-state index contributed by atoms with van der Waals surface area (Å²) in [5.74, 6) is 0.714. The van der Waals surface area contributed by atoms with Crippen molar-refractivity contribution >= 4 is 38.8 Å². The minimum Gasteiger partial charge on any atom is -0.493 e. The molecule has 2 heterocycles. The molecule has 4 aromatic rings. The molecule has 0 saturated heterocycles. The number of rotatable bonds is 5. The van der Waals surface area contributed by atoms with Crippen LogP contribution >= 0.6 is 11.6 Å². The van der Waals surface area contributed by atoms with Crippen molar-refractivity contribution in [2.24, 2.45) is 0 Å². The second kappa shape index (κ2) is 7.30. The normalized spacial score (nSPS) is 11.8. The van der Waals surface area contributed by atoms with E-state index < -0.39 is 11.2 Å². The molecule has 0 N–H and O–H groups in total. The lowest BCUT2D eigenvalue weighted by Gasteiger charge is -2.17. The summed E-state index contributed by atoms with van der Waals surface area (Å²) >= 11 is 6.34. The number of hydrogen-bond acceptors (Lipinski definition) is 6. The molecule has 0 aliphatic rings. The minimum atomic E-state index is -0.543. The zero-order valence-corrected chi connectivity index (χ0v) is 17.7. The largest absolute Gasteiger partial charge is 0.493 e. The summed E-state index contributed by atoms with van der Waals surface area (Å²) in [6.07, 6.45) is 0. The maximum absolute atomic E-state index is 13.4. The average molecular weight is 430 g/mol. The predicted molar refractivity (Wildman–Crippen MR) is 117 cm³/mol. The summed E-state index contributed by atoms with van der Waals surface area (Å²) in [6, 6.07) is 6.15. The van der Waals surface area contributed by atoms with Gasteiger partial charge in [-0.1, -0.05) is 11.6 Å². The highest BCUT2D eigenvalue weighted by molar-refractivity contribution is 6.36. The van der Waals surface area contributed by atoms with Crippen LogP contribution in [0, 0.1) is 0 Å². The molecule has 0 unspecified atom stereocenters. The number of pyridine rings is 1. The van der Waals surface area contributed by atoms with E-state index in [2.05, 4.69) is 0 Å². The van der Waals surface area contributed by atoms with E-state index in [-0.39, 0.29) is 38.7 Å². The van der Waals surface area contributed by atoms with Crippen LogP contribution in [0.25, 0.3) is 27.2 Å². The molecule has 30 heavy (non-hydrogen) atoms. The third kappa shape index (κ3) is 2.83. The van der Waals surface area contributed by atoms with Gasteiger partial charge in [-0.3, -0.25) is 18.6 Å². The third-order valence-electron chi connectivity index (χ3n) is 5.23. The maximum Gasteiger partial charge on any atom is 0.336 e. The Hall–Kier alpha value is -3.10. The van der Waals surface area contributed by atoms with Crippen LogP contribution in [0.1, 0.15) is 0 Å². The number of nitrogens with zero attached hydrogens (tertiary/aromatic N) is 3. The van der Waals surface area contributed by atoms with Crippen molar-refractivity contribution in [3.63, 3.8) is 0 Å². The van der Waals surface area contributed by atoms with E-state index in [4.69, 9.17) is 21.1 Å². The molecule has 9 heteroatoms. The second-order valence-corrected chi connectivity index (χ2v) is 7.66. The van der Waals surface area contributed by atoms with Gasteiger partial charge >= 0.3 is 5.69 Å². The Bertz CT molecular complexity index is 1470. The summed E-state index contributed by atoms with van der Waals surface area (Å²) in [6.45, 7) is 0.702. The van der Waals surface area contributed by atoms with Crippen molar-refractivity contribution in [1.82, 2.24) is 13.9 Å². The van der Waals surface area contributed by atoms with Gasteiger partial charge in [-0.25, -0.2) is 4.79 Å². The molecule has 0 saturated carbocycles. The number of methoxy groups -OCH3 is 2. The molecule has 156 valence electrons. The summed E-state index contributed by atoms with van der Waals surface area (Å²) in [5.41, 5.74) is -0.850. The highest BCUT2D eigenvalue weighted by atomic mass is 35.5. The quantitative estimate of drug-likeness (QED) is 0.355. The molecule has 2 aromatic heterocycles. The van der Waals surface area contributed by atoms with Crippen LogP contribution in [-0.4, -0.2) is 48.7 Å². The molecule has 0 aliphatic heterocycles. The third-order valence-corrected chi connectivity index (χ3v) is 5.55. The number of ether oxygens (including phenoxy) is 2. The molecule has 0 aliphatic carbocycles. The first-order valence-corrected chi connectivity index (χ1v) is 9.61. The van der Waals surface area contributed by atoms with E-state index in [1.807, 2.05) is 19.0 Å². The van der Waals surface area contributed by atoms with Gasteiger partial charge in [-0.05, 0) is 32.3 Å². The summed E-state index contributed by atoms with van der Waals surface area (Å²) in [7, 11) is 6.65. The smallest absolute Gasteiger partial charge is 0.336 e. The molecular formula is C21H20ClN3O5. The fourth-order valence-electron chi connectivity index (χ4n) is 3.73. The Morgan fingerprint density at radius 3 is 2.30 bits per heavy atom. The molecule has 8 nitrogen and oxygen atoms in total. The highest BCUT2D eigenvalue weighted by Gasteiger charge is 2.22. The Morgan fingerprint density at radius 1 is 1.00 bits per heavy atom. The van der Waals surface area contributed by atoms with Crippen LogP contribution in [0.4, 0.5) is 0 Å². The van der Waals surface area contributed by atoms with Gasteiger partial charge in [0.15, 0.2) is 16.9 Å². The monoisotopic (exact) mass is 429 g/mol. The van der Waals surface area contributed by atoms with E-state index in [9.17, 15) is 14.4 Å². The number of likely N-dealkylation sites (N-methyl/N-ethyl adjacent to an activating group) is 1. The SMILES string of the molecule is COc1cc2c(=O)c3c(Cl)ccc4c(=O)n(CCN(C)C)c(=O)n(c2cc1OC)c43. The van der Waals surface area contributed by atoms with Crippen molar-refractivity contribution in [1.29, 1.82) is 0 Å². The van der Waals surface area contributed by atoms with Crippen LogP contribution in [0.15, 0.2) is 38.6 Å². The van der Waals surface area contributed by atoms with Crippen molar-refractivity contribution in [2.45, 2.75) is 6.54 Å². The fourth-order valence-corrected chi connectivity index (χ4v) is 3.96. The van der Waals surface area contributed by atoms with Gasteiger partial charge in [0.1, 0.15) is 0 Å². The first-order chi connectivity index (χ1) is 14.3. The molecule has 0 atom stereocenters. The van der Waals surface area contributed by atoms with Crippen LogP contribution in [0.2, 0.25) is 5.02 Å². The highest BCUT2D eigenvalue weighted by Crippen LogP contribution is 2.33. The Morgan fingerprint density at radius 2 is 1.67 bits per heavy atom. The number of halogens is 1. The molecular weight excluding hydrogens is 410 g/mol. The van der Waals surface area contributed by atoms with Crippen LogP contribution < -0.4 is 26.2 Å². The molecule has 0 amide bonds. The van der Waals surface area contributed by atoms with Gasteiger partial charge in [0.25, 0.3) is 5.56 Å². The standard InChI is InChI=1S/C21H20ClN3O5/c1-23(2)7-8-24-20(27)11-5-6-13(22)17-18(11)25(21(24)28)14-10-16(30-4)15(29-3)9-12(14)19(17)26/h5-6,9-10H,7-8H2,1-4H3. The fraction of sp³-hybridized carbons (Fsp3) is 0.286. The molecule has 0 bridgehead atoms. The first-order valence-electron chi connectivity index (χ1n) is 9.24. The van der Waals surface area contributed by atoms with Gasteiger partial charge in [-0.2, -0.15) is 0 Å². The van der Waals surface area contributed by atoms with Gasteiger partial charge in [0, 0.05) is 19.2 Å². The molecule has 0 spiro atoms. The predicted octanol–water partition coefficient (Wildman–Crippen LogP) is 1.80. The van der Waals surface area contributed by atoms with Gasteiger partial charge in [0.05, 0.1) is 46.4 Å². The Labute approximate surface area is 175 Å². The van der Waals surface area contributed by atoms with Gasteiger partial charge in [0.2, 0.25) is 0 Å². The molecule has 0 fully saturated rings. The summed E-state index contributed by atoms with van der Waals surface area (Å²) < 4.78 is 13.2. The first kappa shape index (κ1) is 20.2. The lowest BCUT2D eigenvalue weighted by Crippen LogP contribution is -2.40. The number of hydrogen-bond donors (Lipinski definition) is 0. The lowest BCUT2D eigenvalue weighted by molar-refractivity contribution is 0.355. The Balaban J connectivity index is 2.31. The van der Waals surface area contributed by atoms with E-state index in [1.54, 1.807) is 12.1 Å². The van der Waals surface area contributed by atoms with Crippen molar-refractivity contribution in [3.8, 4) is 11.5 Å². The van der Waals surface area contributed by atoms with Crippen molar-refractivity contribution < 1.29 is 9.47 Å². The van der Waals surface area contributed by atoms with Crippen LogP contribution in [0.5, 0.6) is 11.5 Å². The van der Waals surface area contributed by atoms with E-state index in [0.717, 1.165) is 0 Å². The maximum atomic E-state index is 13.4. The lowest BCUT2D eigenvalue weighted by atomic mass is 10.1. The summed E-state index contributed by atoms with van der Waals surface area (Å²) in [5, 5.41) is 0.797. The molecule has 4 rings (SSSR count). The number of benzene rings is 2. The van der Waals surface area contributed by atoms with E-state index in [1.165, 1.54) is 35.3 Å². The van der Waals surface area contributed by atoms with E-state index in [0.29, 0.717) is 23.6 Å². The minimum absolute atomic E-state index is 0.128. The second-order valence-electron chi connectivity index (χ2n) is 7.25. The number of fused-ring (bicyclic) bond motifs is 2. The number of aromatic nitrogens is 2. The van der Waals surface area contributed by atoms with Crippen LogP contribution in [0.3, 0.4) is 0 Å². The Kier molecular flexibility index (Phi) is 4.91. The van der Waals surface area contributed by atoms with Crippen molar-refractivity contribution in [2.75, 3.05) is 34.9 Å². The van der Waals surface area contributed by atoms with Gasteiger partial charge < -0.3 is 14.4 Å². The average Bonchev–Trinajstić information content (AvgIpc) is 2.72. The van der Waals surface area contributed by atoms with Gasteiger partial charge in [-0.15, -0.1) is 0 Å². The molecule has 2 aromatic carbocycles. The topological polar surface area (TPSA) is 82.3 Å². The zero-order chi connectivity index (χ0) is 21.7. The molecule has 0 radical (unpaired) electrons. The zero-order valence-electron chi connectivity index (χ0n) is 17.0. The van der Waals surface area contributed by atoms with E-state index >= 15 is 0 Å².